The van der Waals surface area contributed by atoms with E-state index < -0.39 is 0 Å². The Hall–Kier alpha value is -2.47. The van der Waals surface area contributed by atoms with E-state index in [1.165, 1.54) is 17.4 Å². The minimum Gasteiger partial charge on any atom is -0.457 e. The predicted molar refractivity (Wildman–Crippen MR) is 83.2 cm³/mol. The first-order valence-corrected chi connectivity index (χ1v) is 7.36. The maximum atomic E-state index is 11.8. The summed E-state index contributed by atoms with van der Waals surface area (Å²) in [6, 6.07) is 9.59. The van der Waals surface area contributed by atoms with Crippen LogP contribution >= 0.6 is 11.3 Å². The molecule has 6 heteroatoms. The van der Waals surface area contributed by atoms with Gasteiger partial charge in [-0.3, -0.25) is 10.1 Å². The van der Waals surface area contributed by atoms with Crippen molar-refractivity contribution in [1.29, 1.82) is 0 Å². The smallest absolute Gasteiger partial charge is 0.250 e. The monoisotopic (exact) mass is 299 g/mol. The first kappa shape index (κ1) is 13.5. The molecule has 0 saturated carbocycles. The second kappa shape index (κ2) is 5.88. The Morgan fingerprint density at radius 2 is 2.24 bits per heavy atom. The van der Waals surface area contributed by atoms with Gasteiger partial charge in [-0.1, -0.05) is 36.5 Å². The zero-order valence-electron chi connectivity index (χ0n) is 11.4. The standard InChI is InChI=1S/C15H13N3O2S/c1-2-14-17-18-15(21-14)16-13(19)8-7-11-9-10-5-3-4-6-12(10)20-11/h3-9H,2H2,1H3,(H,16,18,19)/b8-7+. The molecule has 0 atom stereocenters. The summed E-state index contributed by atoms with van der Waals surface area (Å²) in [5, 5.41) is 12.9. The second-order valence-electron chi connectivity index (χ2n) is 4.36. The number of benzene rings is 1. The normalized spacial score (nSPS) is 11.3. The third-order valence-corrected chi connectivity index (χ3v) is 3.83. The fourth-order valence-corrected chi connectivity index (χ4v) is 2.52. The highest BCUT2D eigenvalue weighted by Crippen LogP contribution is 2.20. The summed E-state index contributed by atoms with van der Waals surface area (Å²) >= 11 is 1.38. The van der Waals surface area contributed by atoms with Crippen LogP contribution in [-0.4, -0.2) is 16.1 Å². The number of nitrogens with one attached hydrogen (secondary N) is 1. The van der Waals surface area contributed by atoms with Crippen LogP contribution in [0.1, 0.15) is 17.7 Å². The molecule has 0 radical (unpaired) electrons. The molecule has 21 heavy (non-hydrogen) atoms. The Morgan fingerprint density at radius 3 is 3.00 bits per heavy atom. The maximum absolute atomic E-state index is 11.8. The second-order valence-corrected chi connectivity index (χ2v) is 5.43. The first-order chi connectivity index (χ1) is 10.2. The molecule has 3 rings (SSSR count). The molecule has 3 aromatic rings. The van der Waals surface area contributed by atoms with Crippen molar-refractivity contribution in [1.82, 2.24) is 10.2 Å². The van der Waals surface area contributed by atoms with Crippen molar-refractivity contribution in [2.24, 2.45) is 0 Å². The van der Waals surface area contributed by atoms with Gasteiger partial charge in [0.25, 0.3) is 0 Å². The fourth-order valence-electron chi connectivity index (χ4n) is 1.84. The van der Waals surface area contributed by atoms with Gasteiger partial charge in [-0.05, 0) is 24.6 Å². The maximum Gasteiger partial charge on any atom is 0.250 e. The third-order valence-electron chi connectivity index (χ3n) is 2.84. The van der Waals surface area contributed by atoms with Crippen LogP contribution in [0.25, 0.3) is 17.0 Å². The van der Waals surface area contributed by atoms with Crippen LogP contribution in [0.4, 0.5) is 5.13 Å². The van der Waals surface area contributed by atoms with Crippen molar-refractivity contribution in [2.45, 2.75) is 13.3 Å². The molecule has 2 aromatic heterocycles. The summed E-state index contributed by atoms with van der Waals surface area (Å²) in [5.41, 5.74) is 0.800. The van der Waals surface area contributed by atoms with Crippen molar-refractivity contribution in [3.05, 3.63) is 47.2 Å². The molecule has 2 heterocycles. The number of hydrogen-bond acceptors (Lipinski definition) is 5. The summed E-state index contributed by atoms with van der Waals surface area (Å²) in [7, 11) is 0. The van der Waals surface area contributed by atoms with Gasteiger partial charge in [0.05, 0.1) is 0 Å². The number of furan rings is 1. The zero-order valence-corrected chi connectivity index (χ0v) is 12.2. The molecule has 0 spiro atoms. The van der Waals surface area contributed by atoms with Crippen LogP contribution in [0.15, 0.2) is 40.8 Å². The Morgan fingerprint density at radius 1 is 1.38 bits per heavy atom. The first-order valence-electron chi connectivity index (χ1n) is 6.54. The molecular formula is C15H13N3O2S. The number of rotatable bonds is 4. The predicted octanol–water partition coefficient (Wildman–Crippen LogP) is 3.50. The van der Waals surface area contributed by atoms with Gasteiger partial charge in [0.15, 0.2) is 0 Å². The van der Waals surface area contributed by atoms with Crippen molar-refractivity contribution < 1.29 is 9.21 Å². The van der Waals surface area contributed by atoms with Crippen LogP contribution in [-0.2, 0) is 11.2 Å². The van der Waals surface area contributed by atoms with E-state index in [0.29, 0.717) is 10.9 Å². The number of aromatic nitrogens is 2. The molecule has 0 unspecified atom stereocenters. The summed E-state index contributed by atoms with van der Waals surface area (Å²) in [6.07, 6.45) is 3.87. The van der Waals surface area contributed by atoms with Crippen molar-refractivity contribution >= 4 is 39.4 Å². The summed E-state index contributed by atoms with van der Waals surface area (Å²) < 4.78 is 5.60. The SMILES string of the molecule is CCc1nnc(NC(=O)/C=C/c2cc3ccccc3o2)s1. The molecule has 0 bridgehead atoms. The van der Waals surface area contributed by atoms with Gasteiger partial charge in [-0.2, -0.15) is 0 Å². The van der Waals surface area contributed by atoms with E-state index in [4.69, 9.17) is 4.42 Å². The molecule has 0 aliphatic carbocycles. The number of amides is 1. The van der Waals surface area contributed by atoms with E-state index in [0.717, 1.165) is 22.4 Å². The van der Waals surface area contributed by atoms with E-state index in [2.05, 4.69) is 15.5 Å². The quantitative estimate of drug-likeness (QED) is 0.749. The molecule has 106 valence electrons. The lowest BCUT2D eigenvalue weighted by atomic mass is 10.2. The Kier molecular flexibility index (Phi) is 3.79. The minimum atomic E-state index is -0.255. The van der Waals surface area contributed by atoms with Crippen LogP contribution in [0, 0.1) is 0 Å². The van der Waals surface area contributed by atoms with Crippen molar-refractivity contribution in [2.75, 3.05) is 5.32 Å². The van der Waals surface area contributed by atoms with Gasteiger partial charge in [0.1, 0.15) is 16.4 Å². The van der Waals surface area contributed by atoms with Gasteiger partial charge >= 0.3 is 0 Å². The van der Waals surface area contributed by atoms with E-state index in [1.807, 2.05) is 37.3 Å². The number of anilines is 1. The average Bonchev–Trinajstić information content (AvgIpc) is 3.10. The molecule has 0 saturated heterocycles. The van der Waals surface area contributed by atoms with Crippen LogP contribution in [0.3, 0.4) is 0 Å². The molecule has 0 fully saturated rings. The van der Waals surface area contributed by atoms with Crippen LogP contribution in [0.2, 0.25) is 0 Å². The minimum absolute atomic E-state index is 0.255. The molecule has 1 N–H and O–H groups in total. The number of carbonyl (C=O) groups is 1. The van der Waals surface area contributed by atoms with Gasteiger partial charge in [0.2, 0.25) is 11.0 Å². The van der Waals surface area contributed by atoms with E-state index >= 15 is 0 Å². The number of fused-ring (bicyclic) bond motifs is 1. The highest BCUT2D eigenvalue weighted by atomic mass is 32.1. The van der Waals surface area contributed by atoms with Crippen molar-refractivity contribution in [3.63, 3.8) is 0 Å². The molecule has 1 aromatic carbocycles. The lowest BCUT2D eigenvalue weighted by Gasteiger charge is -1.93. The molecule has 1 amide bonds. The zero-order chi connectivity index (χ0) is 14.7. The summed E-state index contributed by atoms with van der Waals surface area (Å²) in [4.78, 5) is 11.8. The third kappa shape index (κ3) is 3.17. The van der Waals surface area contributed by atoms with E-state index in [9.17, 15) is 4.79 Å². The lowest BCUT2D eigenvalue weighted by molar-refractivity contribution is -0.111. The topological polar surface area (TPSA) is 68.0 Å². The average molecular weight is 299 g/mol. The number of nitrogens with zero attached hydrogens (tertiary/aromatic N) is 2. The van der Waals surface area contributed by atoms with Gasteiger partial charge in [-0.15, -0.1) is 10.2 Å². The molecular weight excluding hydrogens is 286 g/mol. The van der Waals surface area contributed by atoms with Crippen molar-refractivity contribution in [3.8, 4) is 0 Å². The lowest BCUT2D eigenvalue weighted by Crippen LogP contribution is -2.07. The largest absolute Gasteiger partial charge is 0.457 e. The Labute approximate surface area is 125 Å². The Balaban J connectivity index is 1.68. The number of hydrogen-bond donors (Lipinski definition) is 1. The highest BCUT2D eigenvalue weighted by molar-refractivity contribution is 7.15. The Bertz CT molecular complexity index is 771. The number of para-hydroxylation sites is 1. The molecule has 0 aliphatic heterocycles. The number of aryl methyl sites for hydroxylation is 1. The number of carbonyl (C=O) groups excluding carboxylic acids is 1. The highest BCUT2D eigenvalue weighted by Gasteiger charge is 2.05. The van der Waals surface area contributed by atoms with Gasteiger partial charge in [0, 0.05) is 11.5 Å². The van der Waals surface area contributed by atoms with Gasteiger partial charge < -0.3 is 4.42 Å². The van der Waals surface area contributed by atoms with Crippen LogP contribution < -0.4 is 5.32 Å². The summed E-state index contributed by atoms with van der Waals surface area (Å²) in [6.45, 7) is 1.99. The van der Waals surface area contributed by atoms with E-state index in [1.54, 1.807) is 6.08 Å². The fraction of sp³-hybridized carbons (Fsp3) is 0.133. The van der Waals surface area contributed by atoms with E-state index in [-0.39, 0.29) is 5.91 Å². The molecule has 5 nitrogen and oxygen atoms in total. The molecule has 0 aliphatic rings. The summed E-state index contributed by atoms with van der Waals surface area (Å²) in [5.74, 6) is 0.382. The van der Waals surface area contributed by atoms with Crippen LogP contribution in [0.5, 0.6) is 0 Å². The van der Waals surface area contributed by atoms with Gasteiger partial charge in [-0.25, -0.2) is 0 Å².